The second-order valence-corrected chi connectivity index (χ2v) is 7.62. The number of aliphatic carboxylic acids is 1. The number of hydrogen-bond acceptors (Lipinski definition) is 4. The van der Waals surface area contributed by atoms with Crippen molar-refractivity contribution < 1.29 is 9.90 Å². The zero-order chi connectivity index (χ0) is 17.2. The molecule has 0 unspecified atom stereocenters. The van der Waals surface area contributed by atoms with E-state index in [4.69, 9.17) is 4.98 Å². The van der Waals surface area contributed by atoms with E-state index in [1.165, 1.54) is 4.70 Å². The van der Waals surface area contributed by atoms with Gasteiger partial charge in [-0.05, 0) is 55.6 Å². The van der Waals surface area contributed by atoms with E-state index in [1.54, 1.807) is 11.3 Å². The van der Waals surface area contributed by atoms with Gasteiger partial charge in [0.2, 0.25) is 0 Å². The number of carbonyl (C=O) groups is 1. The Bertz CT molecular complexity index is 872. The monoisotopic (exact) mass is 388 g/mol. The summed E-state index contributed by atoms with van der Waals surface area (Å²) in [5, 5.41) is 13.9. The quantitative estimate of drug-likeness (QED) is 0.686. The van der Waals surface area contributed by atoms with Gasteiger partial charge in [0.25, 0.3) is 0 Å². The molecule has 0 aliphatic carbocycles. The first-order valence-corrected chi connectivity index (χ1v) is 9.41. The molecule has 2 heterocycles. The maximum absolute atomic E-state index is 11.7. The average Bonchev–Trinajstić information content (AvgIpc) is 3.29. The molecule has 26 heavy (non-hydrogen) atoms. The number of aromatic nitrogens is 1. The molecule has 4 nitrogen and oxygen atoms in total. The Morgan fingerprint density at radius 2 is 2.12 bits per heavy atom. The molecule has 0 radical (unpaired) electrons. The van der Waals surface area contributed by atoms with Gasteiger partial charge in [0.1, 0.15) is 5.01 Å². The first-order valence-electron chi connectivity index (χ1n) is 8.59. The normalized spacial score (nSPS) is 17.8. The molecule has 1 aliphatic heterocycles. The molecule has 1 aromatic heterocycles. The van der Waals surface area contributed by atoms with Crippen LogP contribution in [0.2, 0.25) is 0 Å². The molecule has 0 bridgehead atoms. The number of benzene rings is 2. The Morgan fingerprint density at radius 1 is 1.27 bits per heavy atom. The number of hydrogen-bond donors (Lipinski definition) is 2. The van der Waals surface area contributed by atoms with Gasteiger partial charge in [-0.25, -0.2) is 4.98 Å². The number of halogens is 1. The van der Waals surface area contributed by atoms with Gasteiger partial charge in [0.05, 0.1) is 16.1 Å². The lowest BCUT2D eigenvalue weighted by molar-refractivity contribution is -0.143. The van der Waals surface area contributed by atoms with Gasteiger partial charge in [-0.1, -0.05) is 30.3 Å². The molecule has 2 N–H and O–H groups in total. The number of rotatable bonds is 5. The number of fused-ring (bicyclic) bond motifs is 1. The van der Waals surface area contributed by atoms with Gasteiger partial charge in [-0.2, -0.15) is 0 Å². The molecular weight excluding hydrogens is 368 g/mol. The Kier molecular flexibility index (Phi) is 5.91. The SMILES string of the molecule is Cl.O=C(O)[C@@H](Cc1cccc(-c2nc3ccccc3s2)c1)[C@H]1CCNC1. The second-order valence-electron chi connectivity index (χ2n) is 6.59. The van der Waals surface area contributed by atoms with Crippen molar-refractivity contribution in [2.75, 3.05) is 13.1 Å². The Hall–Kier alpha value is -1.95. The van der Waals surface area contributed by atoms with Gasteiger partial charge < -0.3 is 10.4 Å². The predicted octanol–water partition coefficient (Wildman–Crippen LogP) is 4.24. The molecule has 2 aromatic carbocycles. The number of carboxylic acids is 1. The van der Waals surface area contributed by atoms with Crippen LogP contribution in [0.25, 0.3) is 20.8 Å². The van der Waals surface area contributed by atoms with Crippen molar-refractivity contribution >= 4 is 39.9 Å². The first kappa shape index (κ1) is 18.8. The molecule has 1 aliphatic rings. The Morgan fingerprint density at radius 3 is 2.85 bits per heavy atom. The maximum Gasteiger partial charge on any atom is 0.307 e. The van der Waals surface area contributed by atoms with E-state index in [1.807, 2.05) is 36.4 Å². The smallest absolute Gasteiger partial charge is 0.307 e. The third kappa shape index (κ3) is 3.90. The highest BCUT2D eigenvalue weighted by molar-refractivity contribution is 7.21. The predicted molar refractivity (Wildman–Crippen MR) is 108 cm³/mol. The molecule has 4 rings (SSSR count). The van der Waals surface area contributed by atoms with Crippen molar-refractivity contribution in [2.45, 2.75) is 12.8 Å². The fourth-order valence-corrected chi connectivity index (χ4v) is 4.52. The van der Waals surface area contributed by atoms with E-state index in [-0.39, 0.29) is 24.2 Å². The molecule has 1 fully saturated rings. The molecule has 0 spiro atoms. The van der Waals surface area contributed by atoms with Gasteiger partial charge in [0.15, 0.2) is 0 Å². The third-order valence-corrected chi connectivity index (χ3v) is 5.99. The summed E-state index contributed by atoms with van der Waals surface area (Å²) in [5.41, 5.74) is 3.14. The third-order valence-electron chi connectivity index (χ3n) is 4.91. The molecule has 2 atom stereocenters. The largest absolute Gasteiger partial charge is 0.481 e. The topological polar surface area (TPSA) is 62.2 Å². The number of para-hydroxylation sites is 1. The zero-order valence-corrected chi connectivity index (χ0v) is 15.9. The van der Waals surface area contributed by atoms with Crippen LogP contribution in [-0.2, 0) is 11.2 Å². The van der Waals surface area contributed by atoms with Crippen molar-refractivity contribution in [3.8, 4) is 10.6 Å². The van der Waals surface area contributed by atoms with E-state index in [9.17, 15) is 9.90 Å². The number of carboxylic acid groups (broad SMARTS) is 1. The lowest BCUT2D eigenvalue weighted by Crippen LogP contribution is -2.27. The summed E-state index contributed by atoms with van der Waals surface area (Å²) in [6.45, 7) is 1.72. The summed E-state index contributed by atoms with van der Waals surface area (Å²) in [6.07, 6.45) is 1.51. The van der Waals surface area contributed by atoms with E-state index in [0.29, 0.717) is 6.42 Å². The van der Waals surface area contributed by atoms with Gasteiger partial charge >= 0.3 is 5.97 Å². The molecule has 0 saturated carbocycles. The summed E-state index contributed by atoms with van der Waals surface area (Å²) in [7, 11) is 0. The molecular formula is C20H21ClN2O2S. The van der Waals surface area contributed by atoms with Crippen molar-refractivity contribution in [1.29, 1.82) is 0 Å². The number of nitrogens with one attached hydrogen (secondary N) is 1. The fourth-order valence-electron chi connectivity index (χ4n) is 3.56. The van der Waals surface area contributed by atoms with Crippen LogP contribution in [0.5, 0.6) is 0 Å². The minimum absolute atomic E-state index is 0. The lowest BCUT2D eigenvalue weighted by atomic mass is 9.86. The van der Waals surface area contributed by atoms with Crippen LogP contribution in [0.1, 0.15) is 12.0 Å². The molecule has 0 amide bonds. The van der Waals surface area contributed by atoms with Crippen LogP contribution in [0.3, 0.4) is 0 Å². The highest BCUT2D eigenvalue weighted by Gasteiger charge is 2.30. The van der Waals surface area contributed by atoms with Crippen molar-refractivity contribution in [3.63, 3.8) is 0 Å². The van der Waals surface area contributed by atoms with Crippen LogP contribution < -0.4 is 5.32 Å². The van der Waals surface area contributed by atoms with Crippen molar-refractivity contribution in [3.05, 3.63) is 54.1 Å². The Balaban J connectivity index is 0.00000196. The molecule has 1 saturated heterocycles. The van der Waals surface area contributed by atoms with Crippen LogP contribution in [-0.4, -0.2) is 29.1 Å². The Labute approximate surface area is 162 Å². The second kappa shape index (κ2) is 8.16. The summed E-state index contributed by atoms with van der Waals surface area (Å²) in [4.78, 5) is 16.4. The van der Waals surface area contributed by atoms with Crippen LogP contribution in [0.15, 0.2) is 48.5 Å². The number of thiazole rings is 1. The standard InChI is InChI=1S/C20H20N2O2S.ClH/c23-20(24)16(15-8-9-21-12-15)11-13-4-3-5-14(10-13)19-22-17-6-1-2-7-18(17)25-19;/h1-7,10,15-16,21H,8-9,11-12H2,(H,23,24);1H/t15-,16-;/m0./s1. The summed E-state index contributed by atoms with van der Waals surface area (Å²) in [6, 6.07) is 16.3. The van der Waals surface area contributed by atoms with E-state index in [2.05, 4.69) is 17.4 Å². The van der Waals surface area contributed by atoms with E-state index < -0.39 is 5.97 Å². The molecule has 136 valence electrons. The minimum atomic E-state index is -0.695. The maximum atomic E-state index is 11.7. The summed E-state index contributed by atoms with van der Waals surface area (Å²) < 4.78 is 1.17. The zero-order valence-electron chi connectivity index (χ0n) is 14.2. The summed E-state index contributed by atoms with van der Waals surface area (Å²) in [5.74, 6) is -0.816. The minimum Gasteiger partial charge on any atom is -0.481 e. The van der Waals surface area contributed by atoms with Crippen LogP contribution >= 0.6 is 23.7 Å². The highest BCUT2D eigenvalue weighted by Crippen LogP contribution is 2.31. The van der Waals surface area contributed by atoms with Crippen molar-refractivity contribution in [1.82, 2.24) is 10.3 Å². The number of nitrogens with zero attached hydrogens (tertiary/aromatic N) is 1. The van der Waals surface area contributed by atoms with Gasteiger partial charge in [-0.3, -0.25) is 4.79 Å². The highest BCUT2D eigenvalue weighted by atomic mass is 35.5. The van der Waals surface area contributed by atoms with Gasteiger partial charge in [0, 0.05) is 5.56 Å². The van der Waals surface area contributed by atoms with Gasteiger partial charge in [-0.15, -0.1) is 23.7 Å². The fraction of sp³-hybridized carbons (Fsp3) is 0.300. The molecule has 3 aromatic rings. The van der Waals surface area contributed by atoms with E-state index >= 15 is 0 Å². The first-order chi connectivity index (χ1) is 12.2. The van der Waals surface area contributed by atoms with Crippen molar-refractivity contribution in [2.24, 2.45) is 11.8 Å². The average molecular weight is 389 g/mol. The molecule has 6 heteroatoms. The summed E-state index contributed by atoms with van der Waals surface area (Å²) >= 11 is 1.67. The van der Waals surface area contributed by atoms with E-state index in [0.717, 1.165) is 41.2 Å². The van der Waals surface area contributed by atoms with Crippen LogP contribution in [0.4, 0.5) is 0 Å². The van der Waals surface area contributed by atoms with Crippen LogP contribution in [0, 0.1) is 11.8 Å². The lowest BCUT2D eigenvalue weighted by Gasteiger charge is -2.18.